The number of aromatic nitrogens is 2. The highest BCUT2D eigenvalue weighted by molar-refractivity contribution is 6.76. The monoisotopic (exact) mass is 429 g/mol. The summed E-state index contributed by atoms with van der Waals surface area (Å²) in [6.45, 7) is 11.4. The number of hydrogen-bond acceptors (Lipinski definition) is 3. The molecule has 3 rings (SSSR count). The van der Waals surface area contributed by atoms with E-state index in [-0.39, 0.29) is 0 Å². The van der Waals surface area contributed by atoms with Crippen LogP contribution in [0.1, 0.15) is 19.8 Å². The van der Waals surface area contributed by atoms with E-state index in [0.717, 1.165) is 59.9 Å². The SMILES string of the molecule is CCCCNc1nn(COCC[Si](C)(C)C)c2cc(Cl)cc(-c3ccccc3)c12. The number of hydrogen-bond donors (Lipinski definition) is 1. The highest BCUT2D eigenvalue weighted by atomic mass is 35.5. The lowest BCUT2D eigenvalue weighted by Crippen LogP contribution is -2.22. The van der Waals surface area contributed by atoms with Crippen LogP contribution in [-0.2, 0) is 11.5 Å². The number of benzene rings is 2. The molecule has 0 aliphatic heterocycles. The second-order valence-corrected chi connectivity index (χ2v) is 14.7. The maximum atomic E-state index is 6.51. The van der Waals surface area contributed by atoms with Gasteiger partial charge in [0.05, 0.1) is 10.9 Å². The quantitative estimate of drug-likeness (QED) is 0.282. The minimum absolute atomic E-state index is 0.436. The number of nitrogens with one attached hydrogen (secondary N) is 1. The summed E-state index contributed by atoms with van der Waals surface area (Å²) < 4.78 is 7.93. The fraction of sp³-hybridized carbons (Fsp3) is 0.435. The summed E-state index contributed by atoms with van der Waals surface area (Å²) in [5, 5.41) is 10.2. The van der Waals surface area contributed by atoms with Crippen molar-refractivity contribution < 1.29 is 4.74 Å². The third kappa shape index (κ3) is 5.84. The first-order valence-corrected chi connectivity index (χ1v) is 14.5. The molecule has 0 spiro atoms. The highest BCUT2D eigenvalue weighted by Gasteiger charge is 2.17. The van der Waals surface area contributed by atoms with Gasteiger partial charge in [0.25, 0.3) is 0 Å². The maximum absolute atomic E-state index is 6.51. The summed E-state index contributed by atoms with van der Waals surface area (Å²) in [5.74, 6) is 0.901. The van der Waals surface area contributed by atoms with Gasteiger partial charge in [0.15, 0.2) is 5.82 Å². The van der Waals surface area contributed by atoms with Gasteiger partial charge in [-0.05, 0) is 35.7 Å². The molecule has 0 saturated carbocycles. The normalized spacial score (nSPS) is 11.9. The Kier molecular flexibility index (Phi) is 7.38. The van der Waals surface area contributed by atoms with E-state index in [0.29, 0.717) is 11.8 Å². The van der Waals surface area contributed by atoms with E-state index in [2.05, 4.69) is 56.1 Å². The van der Waals surface area contributed by atoms with Crippen LogP contribution in [0.2, 0.25) is 30.7 Å². The van der Waals surface area contributed by atoms with Crippen LogP contribution in [0.3, 0.4) is 0 Å². The van der Waals surface area contributed by atoms with E-state index in [1.54, 1.807) is 0 Å². The Morgan fingerprint density at radius 2 is 1.90 bits per heavy atom. The lowest BCUT2D eigenvalue weighted by atomic mass is 10.0. The number of halogens is 1. The molecule has 0 amide bonds. The number of unbranched alkanes of at least 4 members (excludes halogenated alkanes) is 1. The molecule has 2 aromatic carbocycles. The van der Waals surface area contributed by atoms with Crippen molar-refractivity contribution in [2.24, 2.45) is 0 Å². The van der Waals surface area contributed by atoms with Gasteiger partial charge in [-0.15, -0.1) is 0 Å². The van der Waals surface area contributed by atoms with Gasteiger partial charge in [0, 0.05) is 26.2 Å². The Balaban J connectivity index is 1.98. The summed E-state index contributed by atoms with van der Waals surface area (Å²) >= 11 is 6.51. The van der Waals surface area contributed by atoms with Gasteiger partial charge in [0.2, 0.25) is 0 Å². The van der Waals surface area contributed by atoms with Crippen LogP contribution in [-0.4, -0.2) is 31.0 Å². The van der Waals surface area contributed by atoms with Gasteiger partial charge in [-0.25, -0.2) is 4.68 Å². The lowest BCUT2D eigenvalue weighted by molar-refractivity contribution is 0.0819. The Morgan fingerprint density at radius 3 is 2.59 bits per heavy atom. The molecule has 29 heavy (non-hydrogen) atoms. The summed E-state index contributed by atoms with van der Waals surface area (Å²) in [6.07, 6.45) is 2.25. The van der Waals surface area contributed by atoms with Crippen molar-refractivity contribution in [2.75, 3.05) is 18.5 Å². The van der Waals surface area contributed by atoms with E-state index < -0.39 is 8.07 Å². The molecule has 0 bridgehead atoms. The molecule has 1 N–H and O–H groups in total. The van der Waals surface area contributed by atoms with Crippen LogP contribution in [0.25, 0.3) is 22.0 Å². The van der Waals surface area contributed by atoms with Crippen LogP contribution in [0, 0.1) is 0 Å². The third-order valence-electron chi connectivity index (χ3n) is 4.94. The maximum Gasteiger partial charge on any atom is 0.156 e. The summed E-state index contributed by atoms with van der Waals surface area (Å²) in [5.41, 5.74) is 3.24. The van der Waals surface area contributed by atoms with Crippen LogP contribution in [0.15, 0.2) is 42.5 Å². The van der Waals surface area contributed by atoms with Crippen molar-refractivity contribution in [1.29, 1.82) is 0 Å². The zero-order valence-corrected chi connectivity index (χ0v) is 19.7. The fourth-order valence-electron chi connectivity index (χ4n) is 3.25. The number of nitrogens with zero attached hydrogens (tertiary/aromatic N) is 2. The second-order valence-electron chi connectivity index (χ2n) is 8.69. The number of ether oxygens (including phenoxy) is 1. The second kappa shape index (κ2) is 9.79. The van der Waals surface area contributed by atoms with E-state index >= 15 is 0 Å². The molecule has 6 heteroatoms. The Labute approximate surface area is 180 Å². The Morgan fingerprint density at radius 1 is 1.14 bits per heavy atom. The molecule has 3 aromatic rings. The first-order valence-electron chi connectivity index (χ1n) is 10.5. The van der Waals surface area contributed by atoms with Crippen molar-refractivity contribution >= 4 is 36.4 Å². The van der Waals surface area contributed by atoms with Crippen LogP contribution in [0.4, 0.5) is 5.82 Å². The van der Waals surface area contributed by atoms with Gasteiger partial charge >= 0.3 is 0 Å². The summed E-state index contributed by atoms with van der Waals surface area (Å²) in [4.78, 5) is 0. The van der Waals surface area contributed by atoms with Crippen molar-refractivity contribution in [3.8, 4) is 11.1 Å². The van der Waals surface area contributed by atoms with E-state index in [1.807, 2.05) is 22.9 Å². The summed E-state index contributed by atoms with van der Waals surface area (Å²) in [7, 11) is -1.12. The molecule has 0 saturated heterocycles. The molecule has 0 radical (unpaired) electrons. The average Bonchev–Trinajstić information content (AvgIpc) is 3.02. The molecule has 0 aliphatic rings. The molecule has 1 aromatic heterocycles. The van der Waals surface area contributed by atoms with Crippen molar-refractivity contribution in [1.82, 2.24) is 9.78 Å². The predicted molar refractivity (Wildman–Crippen MR) is 128 cm³/mol. The molecular weight excluding hydrogens is 398 g/mol. The Hall–Kier alpha value is -1.82. The van der Waals surface area contributed by atoms with E-state index in [4.69, 9.17) is 21.4 Å². The zero-order valence-electron chi connectivity index (χ0n) is 18.0. The minimum atomic E-state index is -1.12. The molecule has 1 heterocycles. The molecule has 4 nitrogen and oxygen atoms in total. The molecule has 0 unspecified atom stereocenters. The molecule has 0 aliphatic carbocycles. The minimum Gasteiger partial charge on any atom is -0.368 e. The van der Waals surface area contributed by atoms with E-state index in [1.165, 1.54) is 0 Å². The number of rotatable bonds is 10. The van der Waals surface area contributed by atoms with Gasteiger partial charge in [-0.2, -0.15) is 5.10 Å². The fourth-order valence-corrected chi connectivity index (χ4v) is 4.22. The van der Waals surface area contributed by atoms with Gasteiger partial charge in [-0.3, -0.25) is 0 Å². The van der Waals surface area contributed by atoms with Crippen LogP contribution >= 0.6 is 11.6 Å². The standard InChI is InChI=1S/C23H32ClN3OSi/c1-5-6-12-25-23-22-20(18-10-8-7-9-11-18)15-19(24)16-21(22)27(26-23)17-28-13-14-29(2,3)4/h7-11,15-16H,5-6,12-14,17H2,1-4H3,(H,25,26). The van der Waals surface area contributed by atoms with Crippen LogP contribution in [0.5, 0.6) is 0 Å². The number of fused-ring (bicyclic) bond motifs is 1. The molecule has 0 atom stereocenters. The van der Waals surface area contributed by atoms with E-state index in [9.17, 15) is 0 Å². The van der Waals surface area contributed by atoms with Crippen molar-refractivity contribution in [2.45, 2.75) is 52.2 Å². The van der Waals surface area contributed by atoms with Gasteiger partial charge in [-0.1, -0.05) is 74.9 Å². The van der Waals surface area contributed by atoms with Crippen molar-refractivity contribution in [3.63, 3.8) is 0 Å². The largest absolute Gasteiger partial charge is 0.368 e. The van der Waals surface area contributed by atoms with Crippen molar-refractivity contribution in [3.05, 3.63) is 47.5 Å². The van der Waals surface area contributed by atoms with Gasteiger partial charge in [0.1, 0.15) is 6.73 Å². The first kappa shape index (κ1) is 21.9. The predicted octanol–water partition coefficient (Wildman–Crippen LogP) is 6.88. The zero-order chi connectivity index (χ0) is 20.9. The molecular formula is C23H32ClN3OSi. The highest BCUT2D eigenvalue weighted by Crippen LogP contribution is 2.36. The number of anilines is 1. The Bertz CT molecular complexity index is 935. The summed E-state index contributed by atoms with van der Waals surface area (Å²) in [6, 6.07) is 15.5. The molecule has 0 fully saturated rings. The smallest absolute Gasteiger partial charge is 0.156 e. The first-order chi connectivity index (χ1) is 13.9. The average molecular weight is 430 g/mol. The topological polar surface area (TPSA) is 39.1 Å². The lowest BCUT2D eigenvalue weighted by Gasteiger charge is -2.15. The van der Waals surface area contributed by atoms with Gasteiger partial charge < -0.3 is 10.1 Å². The van der Waals surface area contributed by atoms with Crippen LogP contribution < -0.4 is 5.32 Å². The molecule has 156 valence electrons. The third-order valence-corrected chi connectivity index (χ3v) is 6.86.